The van der Waals surface area contributed by atoms with E-state index in [1.54, 1.807) is 12.1 Å². The Balaban J connectivity index is 1.79. The van der Waals surface area contributed by atoms with E-state index in [4.69, 9.17) is 9.72 Å². The molecule has 10 heteroatoms. The van der Waals surface area contributed by atoms with Gasteiger partial charge >= 0.3 is 0 Å². The Kier molecular flexibility index (Phi) is 8.98. The fourth-order valence-corrected chi connectivity index (χ4v) is 6.17. The van der Waals surface area contributed by atoms with Crippen LogP contribution in [0, 0.1) is 0 Å². The van der Waals surface area contributed by atoms with Crippen LogP contribution < -0.4 is 5.32 Å². The van der Waals surface area contributed by atoms with Crippen molar-refractivity contribution in [2.24, 2.45) is 0 Å². The maximum atomic E-state index is 12.9. The Hall–Kier alpha value is -1.62. The lowest BCUT2D eigenvalue weighted by Gasteiger charge is -2.18. The summed E-state index contributed by atoms with van der Waals surface area (Å²) in [6, 6.07) is 5.13. The predicted molar refractivity (Wildman–Crippen MR) is 127 cm³/mol. The number of unbranched alkanes of at least 4 members (excludes halogenated alkanes) is 1. The number of carbonyl (C=O) groups is 1. The monoisotopic (exact) mass is 482 g/mol. The number of fused-ring (bicyclic) bond motifs is 1. The van der Waals surface area contributed by atoms with Crippen LogP contribution in [0.5, 0.6) is 0 Å². The molecule has 0 saturated carbocycles. The van der Waals surface area contributed by atoms with E-state index < -0.39 is 10.0 Å². The molecule has 178 valence electrons. The smallest absolute Gasteiger partial charge is 0.243 e. The number of benzene rings is 1. The summed E-state index contributed by atoms with van der Waals surface area (Å²) in [4.78, 5) is 17.3. The average molecular weight is 483 g/mol. The van der Waals surface area contributed by atoms with Gasteiger partial charge in [0.15, 0.2) is 5.16 Å². The first-order valence-electron chi connectivity index (χ1n) is 11.4. The summed E-state index contributed by atoms with van der Waals surface area (Å²) in [6.45, 7) is 8.71. The fraction of sp³-hybridized carbons (Fsp3) is 0.636. The topological polar surface area (TPSA) is 93.5 Å². The van der Waals surface area contributed by atoms with E-state index in [9.17, 15) is 13.2 Å². The predicted octanol–water partition coefficient (Wildman–Crippen LogP) is 3.25. The number of hydrogen-bond donors (Lipinski definition) is 1. The number of carbonyl (C=O) groups excluding carboxylic acids is 1. The largest absolute Gasteiger partial charge is 0.376 e. The Morgan fingerprint density at radius 3 is 2.75 bits per heavy atom. The van der Waals surface area contributed by atoms with E-state index >= 15 is 0 Å². The maximum Gasteiger partial charge on any atom is 0.243 e. The van der Waals surface area contributed by atoms with Gasteiger partial charge in [-0.15, -0.1) is 0 Å². The molecule has 1 aliphatic rings. The molecular formula is C22H34N4O4S2. The Morgan fingerprint density at radius 1 is 1.31 bits per heavy atom. The molecule has 0 aliphatic carbocycles. The van der Waals surface area contributed by atoms with Gasteiger partial charge in [0.2, 0.25) is 15.9 Å². The summed E-state index contributed by atoms with van der Waals surface area (Å²) < 4.78 is 34.9. The summed E-state index contributed by atoms with van der Waals surface area (Å²) in [7, 11) is -3.55. The van der Waals surface area contributed by atoms with Crippen LogP contribution in [0.3, 0.4) is 0 Å². The van der Waals surface area contributed by atoms with Gasteiger partial charge in [-0.25, -0.2) is 13.4 Å². The van der Waals surface area contributed by atoms with Gasteiger partial charge in [0.25, 0.3) is 0 Å². The Bertz CT molecular complexity index is 1010. The van der Waals surface area contributed by atoms with Crippen LogP contribution >= 0.6 is 11.8 Å². The van der Waals surface area contributed by atoms with E-state index in [0.717, 1.165) is 49.5 Å². The van der Waals surface area contributed by atoms with E-state index in [2.05, 4.69) is 16.8 Å². The van der Waals surface area contributed by atoms with E-state index in [-0.39, 0.29) is 22.7 Å². The van der Waals surface area contributed by atoms with Crippen molar-refractivity contribution in [2.75, 3.05) is 32.0 Å². The second kappa shape index (κ2) is 11.5. The molecule has 8 nitrogen and oxygen atoms in total. The second-order valence-electron chi connectivity index (χ2n) is 7.87. The highest BCUT2D eigenvalue weighted by Gasteiger charge is 2.23. The Morgan fingerprint density at radius 2 is 2.09 bits per heavy atom. The molecule has 1 unspecified atom stereocenters. The first-order valence-corrected chi connectivity index (χ1v) is 13.8. The third-order valence-electron chi connectivity index (χ3n) is 5.65. The number of aromatic nitrogens is 2. The van der Waals surface area contributed by atoms with Crippen molar-refractivity contribution in [3.05, 3.63) is 18.2 Å². The van der Waals surface area contributed by atoms with Crippen molar-refractivity contribution in [3.63, 3.8) is 0 Å². The second-order valence-corrected chi connectivity index (χ2v) is 10.7. The molecule has 2 aromatic rings. The number of ether oxygens (including phenoxy) is 1. The van der Waals surface area contributed by atoms with Gasteiger partial charge in [0.05, 0.1) is 27.8 Å². The fourth-order valence-electron chi connectivity index (χ4n) is 3.82. The molecule has 0 spiro atoms. The summed E-state index contributed by atoms with van der Waals surface area (Å²) in [5, 5.41) is 3.67. The van der Waals surface area contributed by atoms with Crippen molar-refractivity contribution in [3.8, 4) is 0 Å². The van der Waals surface area contributed by atoms with Crippen LogP contribution in [0.25, 0.3) is 11.0 Å². The molecule has 1 atom stereocenters. The minimum Gasteiger partial charge on any atom is -0.376 e. The minimum absolute atomic E-state index is 0.0515. The quantitative estimate of drug-likeness (QED) is 0.467. The van der Waals surface area contributed by atoms with Crippen molar-refractivity contribution in [2.45, 2.75) is 69.2 Å². The van der Waals surface area contributed by atoms with Crippen LogP contribution in [0.2, 0.25) is 0 Å². The van der Waals surface area contributed by atoms with Crippen LogP contribution in [0.15, 0.2) is 28.3 Å². The molecule has 32 heavy (non-hydrogen) atoms. The van der Waals surface area contributed by atoms with Gasteiger partial charge in [-0.2, -0.15) is 4.31 Å². The van der Waals surface area contributed by atoms with Gasteiger partial charge in [-0.3, -0.25) is 4.79 Å². The Labute approximate surface area is 195 Å². The molecule has 1 N–H and O–H groups in total. The number of imidazole rings is 1. The lowest BCUT2D eigenvalue weighted by Crippen LogP contribution is -2.32. The zero-order valence-corrected chi connectivity index (χ0v) is 20.8. The third kappa shape index (κ3) is 5.84. The van der Waals surface area contributed by atoms with Crippen molar-refractivity contribution >= 4 is 38.7 Å². The lowest BCUT2D eigenvalue weighted by atomic mass is 10.2. The van der Waals surface area contributed by atoms with Gasteiger partial charge in [0, 0.05) is 32.8 Å². The van der Waals surface area contributed by atoms with Crippen LogP contribution in [0.4, 0.5) is 0 Å². The highest BCUT2D eigenvalue weighted by molar-refractivity contribution is 7.99. The molecule has 2 heterocycles. The zero-order valence-electron chi connectivity index (χ0n) is 19.2. The minimum atomic E-state index is -3.55. The van der Waals surface area contributed by atoms with Crippen molar-refractivity contribution in [1.82, 2.24) is 19.2 Å². The van der Waals surface area contributed by atoms with Crippen LogP contribution in [0.1, 0.15) is 46.5 Å². The molecule has 1 aromatic carbocycles. The van der Waals surface area contributed by atoms with E-state index in [0.29, 0.717) is 25.2 Å². The average Bonchev–Trinajstić information content (AvgIpc) is 3.42. The number of hydrogen-bond acceptors (Lipinski definition) is 6. The van der Waals surface area contributed by atoms with Crippen molar-refractivity contribution in [1.29, 1.82) is 0 Å². The summed E-state index contributed by atoms with van der Waals surface area (Å²) in [5.74, 6) is 0.205. The number of thioether (sulfide) groups is 1. The van der Waals surface area contributed by atoms with Crippen LogP contribution in [-0.2, 0) is 26.1 Å². The first-order chi connectivity index (χ1) is 15.4. The molecule has 1 fully saturated rings. The maximum absolute atomic E-state index is 12.9. The number of sulfonamides is 1. The van der Waals surface area contributed by atoms with Gasteiger partial charge in [0.1, 0.15) is 0 Å². The van der Waals surface area contributed by atoms with Gasteiger partial charge in [-0.05, 0) is 37.5 Å². The molecule has 1 aliphatic heterocycles. The number of nitrogens with zero attached hydrogens (tertiary/aromatic N) is 3. The number of amides is 1. The van der Waals surface area contributed by atoms with Gasteiger partial charge < -0.3 is 14.6 Å². The van der Waals surface area contributed by atoms with Crippen molar-refractivity contribution < 1.29 is 17.9 Å². The summed E-state index contributed by atoms with van der Waals surface area (Å²) in [6.07, 6.45) is 4.15. The highest BCUT2D eigenvalue weighted by Crippen LogP contribution is 2.28. The van der Waals surface area contributed by atoms with Gasteiger partial charge in [-0.1, -0.05) is 39.0 Å². The SMILES string of the molecule is CCCCn1c(SCC(=O)NCC2CCCO2)nc2cc(S(=O)(=O)N(CC)CC)ccc21. The molecule has 0 radical (unpaired) electrons. The van der Waals surface area contributed by atoms with E-state index in [1.165, 1.54) is 16.1 Å². The normalized spacial score (nSPS) is 16.8. The first kappa shape index (κ1) is 25.0. The molecule has 1 amide bonds. The number of nitrogens with one attached hydrogen (secondary N) is 1. The van der Waals surface area contributed by atoms with E-state index in [1.807, 2.05) is 19.9 Å². The molecule has 1 aromatic heterocycles. The number of rotatable bonds is 12. The standard InChI is InChI=1S/C22H34N4O4S2/c1-4-7-12-26-20-11-10-18(32(28,29)25(5-2)6-3)14-19(20)24-22(26)31-16-21(27)23-15-17-9-8-13-30-17/h10-11,14,17H,4-9,12-13,15-16H2,1-3H3,(H,23,27). The zero-order chi connectivity index (χ0) is 23.1. The molecule has 3 rings (SSSR count). The molecule has 1 saturated heterocycles. The third-order valence-corrected chi connectivity index (χ3v) is 8.67. The number of aryl methyl sites for hydroxylation is 1. The summed E-state index contributed by atoms with van der Waals surface area (Å²) in [5.41, 5.74) is 1.52. The molecular weight excluding hydrogens is 448 g/mol. The van der Waals surface area contributed by atoms with Crippen LogP contribution in [-0.4, -0.2) is 66.3 Å². The highest BCUT2D eigenvalue weighted by atomic mass is 32.2. The molecule has 0 bridgehead atoms. The lowest BCUT2D eigenvalue weighted by molar-refractivity contribution is -0.119. The summed E-state index contributed by atoms with van der Waals surface area (Å²) >= 11 is 1.38.